The van der Waals surface area contributed by atoms with Crippen LogP contribution in [0.5, 0.6) is 0 Å². The molecule has 3 aromatic carbocycles. The van der Waals surface area contributed by atoms with Gasteiger partial charge in [0, 0.05) is 16.7 Å². The highest BCUT2D eigenvalue weighted by Gasteiger charge is 2.28. The molecule has 1 atom stereocenters. The van der Waals surface area contributed by atoms with Crippen LogP contribution < -0.4 is 0 Å². The van der Waals surface area contributed by atoms with E-state index >= 15 is 4.39 Å². The van der Waals surface area contributed by atoms with Gasteiger partial charge in [0.25, 0.3) is 0 Å². The molecule has 3 heteroatoms. The SMILES string of the molecule is O[C@H]1OCc2c1cc(-c1ccccc1)c(F)c2-c1ccccc1. The van der Waals surface area contributed by atoms with Gasteiger partial charge in [-0.1, -0.05) is 60.7 Å². The topological polar surface area (TPSA) is 29.5 Å². The van der Waals surface area contributed by atoms with E-state index in [0.717, 1.165) is 16.7 Å². The van der Waals surface area contributed by atoms with Gasteiger partial charge >= 0.3 is 0 Å². The van der Waals surface area contributed by atoms with E-state index in [-0.39, 0.29) is 12.4 Å². The normalized spacial score (nSPS) is 16.3. The summed E-state index contributed by atoms with van der Waals surface area (Å²) < 4.78 is 20.6. The minimum absolute atomic E-state index is 0.215. The van der Waals surface area contributed by atoms with Gasteiger partial charge in [-0.05, 0) is 22.8 Å². The lowest BCUT2D eigenvalue weighted by atomic mass is 9.90. The number of hydrogen-bond acceptors (Lipinski definition) is 2. The number of ether oxygens (including phenoxy) is 1. The van der Waals surface area contributed by atoms with Crippen LogP contribution in [0.1, 0.15) is 17.4 Å². The van der Waals surface area contributed by atoms with E-state index < -0.39 is 6.29 Å². The number of aliphatic hydroxyl groups excluding tert-OH is 1. The van der Waals surface area contributed by atoms with Crippen LogP contribution in [0, 0.1) is 5.82 Å². The summed E-state index contributed by atoms with van der Waals surface area (Å²) in [6.45, 7) is 0.215. The fourth-order valence-corrected chi connectivity index (χ4v) is 3.08. The Morgan fingerprint density at radius 2 is 1.52 bits per heavy atom. The van der Waals surface area contributed by atoms with Crippen LogP contribution in [0.2, 0.25) is 0 Å². The van der Waals surface area contributed by atoms with Crippen molar-refractivity contribution in [3.63, 3.8) is 0 Å². The maximum Gasteiger partial charge on any atom is 0.181 e. The Hall–Kier alpha value is -2.49. The van der Waals surface area contributed by atoms with E-state index in [1.807, 2.05) is 60.7 Å². The second-order valence-electron chi connectivity index (χ2n) is 5.58. The number of aliphatic hydroxyl groups is 1. The van der Waals surface area contributed by atoms with Crippen LogP contribution in [0.15, 0.2) is 66.7 Å². The summed E-state index contributed by atoms with van der Waals surface area (Å²) in [5, 5.41) is 10.1. The third kappa shape index (κ3) is 2.34. The molecule has 1 heterocycles. The van der Waals surface area contributed by atoms with Crippen molar-refractivity contribution in [3.8, 4) is 22.3 Å². The van der Waals surface area contributed by atoms with Crippen molar-refractivity contribution in [1.29, 1.82) is 0 Å². The molecule has 0 spiro atoms. The lowest BCUT2D eigenvalue weighted by Gasteiger charge is -2.14. The van der Waals surface area contributed by atoms with E-state index in [1.54, 1.807) is 6.07 Å². The molecule has 0 aliphatic carbocycles. The average Bonchev–Trinajstić information content (AvgIpc) is 2.96. The first-order valence-electron chi connectivity index (χ1n) is 7.51. The van der Waals surface area contributed by atoms with Crippen LogP contribution in [0.4, 0.5) is 4.39 Å². The first kappa shape index (κ1) is 14.1. The summed E-state index contributed by atoms with van der Waals surface area (Å²) in [6, 6.07) is 20.5. The first-order valence-corrected chi connectivity index (χ1v) is 7.51. The van der Waals surface area contributed by atoms with Gasteiger partial charge in [-0.3, -0.25) is 0 Å². The van der Waals surface area contributed by atoms with E-state index in [0.29, 0.717) is 16.7 Å². The van der Waals surface area contributed by atoms with Gasteiger partial charge < -0.3 is 9.84 Å². The lowest BCUT2D eigenvalue weighted by molar-refractivity contribution is -0.0918. The summed E-state index contributed by atoms with van der Waals surface area (Å²) in [5.41, 5.74) is 3.93. The first-order chi connectivity index (χ1) is 11.3. The fraction of sp³-hybridized carbons (Fsp3) is 0.100. The summed E-state index contributed by atoms with van der Waals surface area (Å²) in [6.07, 6.45) is -1.00. The van der Waals surface area contributed by atoms with Gasteiger partial charge in [-0.25, -0.2) is 4.39 Å². The van der Waals surface area contributed by atoms with Crippen molar-refractivity contribution in [1.82, 2.24) is 0 Å². The molecule has 114 valence electrons. The van der Waals surface area contributed by atoms with Crippen molar-refractivity contribution in [2.24, 2.45) is 0 Å². The van der Waals surface area contributed by atoms with Crippen molar-refractivity contribution >= 4 is 0 Å². The Bertz CT molecular complexity index is 845. The van der Waals surface area contributed by atoms with Gasteiger partial charge in [-0.2, -0.15) is 0 Å². The van der Waals surface area contributed by atoms with Gasteiger partial charge in [0.2, 0.25) is 0 Å². The summed E-state index contributed by atoms with van der Waals surface area (Å²) in [4.78, 5) is 0. The largest absolute Gasteiger partial charge is 0.364 e. The minimum Gasteiger partial charge on any atom is -0.364 e. The van der Waals surface area contributed by atoms with Crippen LogP contribution >= 0.6 is 0 Å². The number of rotatable bonds is 2. The van der Waals surface area contributed by atoms with Gasteiger partial charge in [0.05, 0.1) is 6.61 Å². The zero-order valence-corrected chi connectivity index (χ0v) is 12.4. The Morgan fingerprint density at radius 1 is 0.913 bits per heavy atom. The molecule has 1 aliphatic heterocycles. The van der Waals surface area contributed by atoms with E-state index in [1.165, 1.54) is 0 Å². The Kier molecular flexibility index (Phi) is 3.45. The zero-order chi connectivity index (χ0) is 15.8. The molecule has 0 bridgehead atoms. The van der Waals surface area contributed by atoms with Crippen molar-refractivity contribution in [3.05, 3.63) is 83.7 Å². The molecule has 0 saturated carbocycles. The number of benzene rings is 3. The van der Waals surface area contributed by atoms with Crippen molar-refractivity contribution in [2.75, 3.05) is 0 Å². The van der Waals surface area contributed by atoms with Crippen molar-refractivity contribution in [2.45, 2.75) is 12.9 Å². The second-order valence-corrected chi connectivity index (χ2v) is 5.58. The molecule has 0 radical (unpaired) electrons. The molecule has 0 amide bonds. The highest BCUT2D eigenvalue weighted by atomic mass is 19.1. The van der Waals surface area contributed by atoms with E-state index in [4.69, 9.17) is 4.74 Å². The molecule has 2 nitrogen and oxygen atoms in total. The van der Waals surface area contributed by atoms with Gasteiger partial charge in [0.1, 0.15) is 5.82 Å². The minimum atomic E-state index is -1.00. The predicted molar refractivity (Wildman–Crippen MR) is 87.0 cm³/mol. The zero-order valence-electron chi connectivity index (χ0n) is 12.4. The highest BCUT2D eigenvalue weighted by Crippen LogP contribution is 2.42. The van der Waals surface area contributed by atoms with Crippen LogP contribution in [0.25, 0.3) is 22.3 Å². The average molecular weight is 306 g/mol. The Labute approximate surface area is 133 Å². The molecule has 0 aromatic heterocycles. The Balaban J connectivity index is 2.02. The smallest absolute Gasteiger partial charge is 0.181 e. The van der Waals surface area contributed by atoms with Crippen LogP contribution in [-0.2, 0) is 11.3 Å². The molecule has 1 N–H and O–H groups in total. The molecule has 0 fully saturated rings. The number of fused-ring (bicyclic) bond motifs is 1. The maximum atomic E-state index is 15.3. The monoisotopic (exact) mass is 306 g/mol. The van der Waals surface area contributed by atoms with E-state index in [2.05, 4.69) is 0 Å². The molecule has 0 saturated heterocycles. The standard InChI is InChI=1S/C20H15FO2/c21-19-15(13-7-3-1-4-8-13)11-16-17(12-23-20(16)22)18(19)14-9-5-2-6-10-14/h1-11,20,22H,12H2/t20-/m0/s1. The number of hydrogen-bond donors (Lipinski definition) is 1. The molecular weight excluding hydrogens is 291 g/mol. The molecule has 3 aromatic rings. The van der Waals surface area contributed by atoms with Crippen LogP contribution in [0.3, 0.4) is 0 Å². The Morgan fingerprint density at radius 3 is 2.17 bits per heavy atom. The molecule has 4 rings (SSSR count). The molecule has 23 heavy (non-hydrogen) atoms. The maximum absolute atomic E-state index is 15.3. The number of halogens is 1. The van der Waals surface area contributed by atoms with Crippen LogP contribution in [-0.4, -0.2) is 5.11 Å². The highest BCUT2D eigenvalue weighted by molar-refractivity contribution is 5.78. The van der Waals surface area contributed by atoms with E-state index in [9.17, 15) is 5.11 Å². The fourth-order valence-electron chi connectivity index (χ4n) is 3.08. The summed E-state index contributed by atoms with van der Waals surface area (Å²) >= 11 is 0. The third-order valence-electron chi connectivity index (χ3n) is 4.20. The van der Waals surface area contributed by atoms with Gasteiger partial charge in [-0.15, -0.1) is 0 Å². The third-order valence-corrected chi connectivity index (χ3v) is 4.20. The summed E-state index contributed by atoms with van der Waals surface area (Å²) in [7, 11) is 0. The molecule has 0 unspecified atom stereocenters. The molecular formula is C20H15FO2. The summed E-state index contributed by atoms with van der Waals surface area (Å²) in [5.74, 6) is -0.279. The van der Waals surface area contributed by atoms with Gasteiger partial charge in [0.15, 0.2) is 6.29 Å². The second kappa shape index (κ2) is 5.61. The quantitative estimate of drug-likeness (QED) is 0.745. The lowest BCUT2D eigenvalue weighted by Crippen LogP contribution is -1.99. The van der Waals surface area contributed by atoms with Crippen molar-refractivity contribution < 1.29 is 14.2 Å². The predicted octanol–water partition coefficient (Wildman–Crippen LogP) is 4.68. The molecule has 1 aliphatic rings.